The number of rotatable bonds is 2. The van der Waals surface area contributed by atoms with Crippen LogP contribution >= 0.6 is 0 Å². The van der Waals surface area contributed by atoms with Crippen molar-refractivity contribution in [1.82, 2.24) is 0 Å². The molecule has 0 bridgehead atoms. The van der Waals surface area contributed by atoms with Crippen LogP contribution < -0.4 is 0 Å². The normalized spacial score (nSPS) is 22.5. The van der Waals surface area contributed by atoms with E-state index < -0.39 is 0 Å². The Balaban J connectivity index is 3.04. The number of allylic oxidation sites excluding steroid dienone is 5. The molecule has 1 aliphatic carbocycles. The first-order chi connectivity index (χ1) is 6.27. The van der Waals surface area contributed by atoms with E-state index in [2.05, 4.69) is 35.9 Å². The van der Waals surface area contributed by atoms with Crippen molar-refractivity contribution >= 4 is 0 Å². The van der Waals surface area contributed by atoms with Crippen LogP contribution in [-0.2, 0) is 0 Å². The maximum Gasteiger partial charge on any atom is 0.0921 e. The standard InChI is InChI=1S/C11H14N2/c1-4-10-8-9(2)6-5-7-11(10)13-12-3/h4-9H,1H2,2-3H3. The Morgan fingerprint density at radius 1 is 1.54 bits per heavy atom. The van der Waals surface area contributed by atoms with Crippen LogP contribution in [0.3, 0.4) is 0 Å². The van der Waals surface area contributed by atoms with E-state index in [0.717, 1.165) is 11.3 Å². The van der Waals surface area contributed by atoms with E-state index in [1.807, 2.05) is 18.2 Å². The van der Waals surface area contributed by atoms with E-state index >= 15 is 0 Å². The van der Waals surface area contributed by atoms with Gasteiger partial charge in [-0.3, -0.25) is 0 Å². The zero-order valence-corrected chi connectivity index (χ0v) is 8.07. The first kappa shape index (κ1) is 9.65. The highest BCUT2D eigenvalue weighted by Crippen LogP contribution is 2.19. The molecular formula is C11H14N2. The van der Waals surface area contributed by atoms with Gasteiger partial charge in [-0.05, 0) is 17.6 Å². The molecule has 0 aliphatic heterocycles. The molecule has 0 radical (unpaired) electrons. The van der Waals surface area contributed by atoms with Gasteiger partial charge in [0.25, 0.3) is 0 Å². The van der Waals surface area contributed by atoms with Crippen molar-refractivity contribution in [3.63, 3.8) is 0 Å². The van der Waals surface area contributed by atoms with Crippen LogP contribution in [-0.4, -0.2) is 7.05 Å². The largest absolute Gasteiger partial charge is 0.192 e. The lowest BCUT2D eigenvalue weighted by Gasteiger charge is -2.00. The summed E-state index contributed by atoms with van der Waals surface area (Å²) in [5.74, 6) is 0.425. The molecule has 0 spiro atoms. The van der Waals surface area contributed by atoms with E-state index in [-0.39, 0.29) is 0 Å². The highest BCUT2D eigenvalue weighted by Gasteiger charge is 2.04. The minimum atomic E-state index is 0.425. The van der Waals surface area contributed by atoms with E-state index in [9.17, 15) is 0 Å². The fraction of sp³-hybridized carbons (Fsp3) is 0.273. The Bertz CT molecular complexity index is 306. The average Bonchev–Trinajstić information content (AvgIpc) is 2.29. The van der Waals surface area contributed by atoms with Crippen LogP contribution in [0.1, 0.15) is 6.92 Å². The SMILES string of the molecule is C=CC1=CC(C)C=CC=C1N=NC. The molecule has 0 saturated carbocycles. The molecule has 0 fully saturated rings. The van der Waals surface area contributed by atoms with Crippen LogP contribution in [0, 0.1) is 5.92 Å². The van der Waals surface area contributed by atoms with Crippen molar-refractivity contribution in [3.8, 4) is 0 Å². The zero-order valence-electron chi connectivity index (χ0n) is 8.07. The minimum absolute atomic E-state index is 0.425. The maximum atomic E-state index is 4.03. The van der Waals surface area contributed by atoms with Gasteiger partial charge in [0.15, 0.2) is 0 Å². The third-order valence-corrected chi connectivity index (χ3v) is 1.83. The van der Waals surface area contributed by atoms with Crippen LogP contribution in [0.15, 0.2) is 58.5 Å². The van der Waals surface area contributed by atoms with Crippen molar-refractivity contribution in [1.29, 1.82) is 0 Å². The summed E-state index contributed by atoms with van der Waals surface area (Å²) in [5.41, 5.74) is 1.92. The summed E-state index contributed by atoms with van der Waals surface area (Å²) < 4.78 is 0. The second-order valence-electron chi connectivity index (χ2n) is 2.92. The predicted molar refractivity (Wildman–Crippen MR) is 55.4 cm³/mol. The van der Waals surface area contributed by atoms with Crippen LogP contribution in [0.2, 0.25) is 0 Å². The molecule has 0 saturated heterocycles. The molecule has 0 aromatic rings. The van der Waals surface area contributed by atoms with E-state index in [1.54, 1.807) is 7.05 Å². The van der Waals surface area contributed by atoms with Gasteiger partial charge in [0.05, 0.1) is 5.70 Å². The molecule has 0 N–H and O–H groups in total. The van der Waals surface area contributed by atoms with Gasteiger partial charge in [0, 0.05) is 7.05 Å². The van der Waals surface area contributed by atoms with Crippen LogP contribution in [0.4, 0.5) is 0 Å². The summed E-state index contributed by atoms with van der Waals surface area (Å²) in [7, 11) is 1.67. The molecule has 1 unspecified atom stereocenters. The molecule has 1 aliphatic rings. The van der Waals surface area contributed by atoms with Gasteiger partial charge in [-0.2, -0.15) is 10.2 Å². The van der Waals surface area contributed by atoms with Gasteiger partial charge < -0.3 is 0 Å². The van der Waals surface area contributed by atoms with Gasteiger partial charge in [-0.1, -0.05) is 37.8 Å². The predicted octanol–water partition coefficient (Wildman–Crippen LogP) is 3.27. The summed E-state index contributed by atoms with van der Waals surface area (Å²) in [4.78, 5) is 0. The Hall–Kier alpha value is -1.44. The van der Waals surface area contributed by atoms with Gasteiger partial charge in [-0.25, -0.2) is 0 Å². The lowest BCUT2D eigenvalue weighted by Crippen LogP contribution is -1.86. The molecule has 1 rings (SSSR count). The second-order valence-corrected chi connectivity index (χ2v) is 2.92. The third kappa shape index (κ3) is 2.51. The number of hydrogen-bond acceptors (Lipinski definition) is 2. The maximum absolute atomic E-state index is 4.03. The molecule has 2 nitrogen and oxygen atoms in total. The molecule has 0 aromatic carbocycles. The molecule has 68 valence electrons. The third-order valence-electron chi connectivity index (χ3n) is 1.83. The van der Waals surface area contributed by atoms with Crippen molar-refractivity contribution in [2.75, 3.05) is 7.05 Å². The van der Waals surface area contributed by atoms with Crippen LogP contribution in [0.25, 0.3) is 0 Å². The first-order valence-electron chi connectivity index (χ1n) is 4.31. The van der Waals surface area contributed by atoms with Gasteiger partial charge in [0.1, 0.15) is 0 Å². The van der Waals surface area contributed by atoms with Crippen molar-refractivity contribution in [3.05, 3.63) is 48.2 Å². The van der Waals surface area contributed by atoms with Crippen molar-refractivity contribution in [2.24, 2.45) is 16.1 Å². The highest BCUT2D eigenvalue weighted by atomic mass is 15.1. The van der Waals surface area contributed by atoms with Crippen molar-refractivity contribution < 1.29 is 0 Å². The van der Waals surface area contributed by atoms with E-state index in [1.165, 1.54) is 0 Å². The summed E-state index contributed by atoms with van der Waals surface area (Å²) in [5, 5.41) is 7.78. The molecule has 1 atom stereocenters. The molecule has 2 heteroatoms. The fourth-order valence-corrected chi connectivity index (χ4v) is 1.21. The summed E-state index contributed by atoms with van der Waals surface area (Å²) >= 11 is 0. The first-order valence-corrected chi connectivity index (χ1v) is 4.31. The van der Waals surface area contributed by atoms with E-state index in [0.29, 0.717) is 5.92 Å². The van der Waals surface area contributed by atoms with Gasteiger partial charge in [-0.15, -0.1) is 0 Å². The van der Waals surface area contributed by atoms with Gasteiger partial charge >= 0.3 is 0 Å². The molecular weight excluding hydrogens is 160 g/mol. The summed E-state index contributed by atoms with van der Waals surface area (Å²) in [6.45, 7) is 5.88. The second kappa shape index (κ2) is 4.55. The highest BCUT2D eigenvalue weighted by molar-refractivity contribution is 5.42. The lowest BCUT2D eigenvalue weighted by atomic mass is 10.1. The van der Waals surface area contributed by atoms with Crippen molar-refractivity contribution in [2.45, 2.75) is 6.92 Å². The minimum Gasteiger partial charge on any atom is -0.192 e. The Kier molecular flexibility index (Phi) is 3.38. The monoisotopic (exact) mass is 174 g/mol. The number of azo groups is 1. The summed E-state index contributed by atoms with van der Waals surface area (Å²) in [6, 6.07) is 0. The molecule has 0 amide bonds. The molecule has 13 heavy (non-hydrogen) atoms. The number of hydrogen-bond donors (Lipinski definition) is 0. The molecule has 0 heterocycles. The van der Waals surface area contributed by atoms with Crippen LogP contribution in [0.5, 0.6) is 0 Å². The topological polar surface area (TPSA) is 24.7 Å². The molecule has 0 aromatic heterocycles. The smallest absolute Gasteiger partial charge is 0.0921 e. The quantitative estimate of drug-likeness (QED) is 0.574. The number of nitrogens with zero attached hydrogens (tertiary/aromatic N) is 2. The fourth-order valence-electron chi connectivity index (χ4n) is 1.21. The Morgan fingerprint density at radius 3 is 2.92 bits per heavy atom. The van der Waals surface area contributed by atoms with E-state index in [4.69, 9.17) is 0 Å². The Morgan fingerprint density at radius 2 is 2.31 bits per heavy atom. The zero-order chi connectivity index (χ0) is 9.68. The summed E-state index contributed by atoms with van der Waals surface area (Å²) in [6.07, 6.45) is 9.99. The lowest BCUT2D eigenvalue weighted by molar-refractivity contribution is 0.933. The Labute approximate surface area is 79.1 Å². The average molecular weight is 174 g/mol. The van der Waals surface area contributed by atoms with Gasteiger partial charge in [0.2, 0.25) is 0 Å².